The van der Waals surface area contributed by atoms with Gasteiger partial charge in [-0.3, -0.25) is 9.59 Å². The molecule has 10 nitrogen and oxygen atoms in total. The second-order valence-corrected chi connectivity index (χ2v) is 16.9. The van der Waals surface area contributed by atoms with Crippen molar-refractivity contribution in [1.29, 1.82) is 0 Å². The van der Waals surface area contributed by atoms with Crippen molar-refractivity contribution in [2.24, 2.45) is 0 Å². The lowest BCUT2D eigenvalue weighted by atomic mass is 9.99. The van der Waals surface area contributed by atoms with Gasteiger partial charge in [-0.15, -0.1) is 0 Å². The normalized spacial score (nSPS) is 20.1. The molecule has 1 heterocycles. The molecule has 1 saturated heterocycles. The predicted octanol–water partition coefficient (Wildman–Crippen LogP) is 11.6. The Balaban J connectivity index is 2.34. The molecule has 0 amide bonds. The van der Waals surface area contributed by atoms with E-state index in [0.717, 1.165) is 44.9 Å². The Morgan fingerprint density at radius 3 is 1.44 bits per heavy atom. The minimum atomic E-state index is -1.61. The number of aliphatic hydroxyl groups is 4. The van der Waals surface area contributed by atoms with E-state index in [4.69, 9.17) is 18.9 Å². The third kappa shape index (κ3) is 34.2. The first-order valence-corrected chi connectivity index (χ1v) is 25.0. The summed E-state index contributed by atoms with van der Waals surface area (Å²) in [5.74, 6) is -0.906. The van der Waals surface area contributed by atoms with E-state index in [1.165, 1.54) is 109 Å². The van der Waals surface area contributed by atoms with E-state index in [-0.39, 0.29) is 26.1 Å². The van der Waals surface area contributed by atoms with Crippen LogP contribution in [0.3, 0.4) is 0 Å². The van der Waals surface area contributed by atoms with Crippen molar-refractivity contribution < 1.29 is 49.0 Å². The van der Waals surface area contributed by atoms with Crippen molar-refractivity contribution in [2.75, 3.05) is 19.8 Å². The maximum absolute atomic E-state index is 12.8. The molecular weight excluding hydrogens is 797 g/mol. The third-order valence-electron chi connectivity index (χ3n) is 11.1. The molecule has 0 bridgehead atoms. The molecule has 2 unspecified atom stereocenters. The fourth-order valence-corrected chi connectivity index (χ4v) is 7.11. The van der Waals surface area contributed by atoms with Gasteiger partial charge in [0, 0.05) is 12.8 Å². The van der Waals surface area contributed by atoms with Gasteiger partial charge >= 0.3 is 11.9 Å². The first kappa shape index (κ1) is 58.2. The van der Waals surface area contributed by atoms with Gasteiger partial charge in [0.25, 0.3) is 0 Å². The van der Waals surface area contributed by atoms with Crippen LogP contribution in [-0.2, 0) is 28.5 Å². The SMILES string of the molecule is CCCCC/C=C/C/C=C/C/C=C/C/C=C/C/C=C/CCC(=O)O[C@@H](COC(=O)CCCCCCCCCCC/C=C/CCCCCCCC)CO[C@H]1O[C@@H](CO)[C@@H](O)C(O)C1O. The molecule has 0 aromatic carbocycles. The van der Waals surface area contributed by atoms with Crippen LogP contribution in [0, 0.1) is 0 Å². The summed E-state index contributed by atoms with van der Waals surface area (Å²) in [6.07, 6.45) is 47.7. The highest BCUT2D eigenvalue weighted by Crippen LogP contribution is 2.22. The number of carbonyl (C=O) groups excluding carboxylic acids is 2. The molecule has 0 radical (unpaired) electrons. The quantitative estimate of drug-likeness (QED) is 0.0265. The Morgan fingerprint density at radius 2 is 0.921 bits per heavy atom. The van der Waals surface area contributed by atoms with Gasteiger partial charge < -0.3 is 39.4 Å². The van der Waals surface area contributed by atoms with Crippen LogP contribution in [0.15, 0.2) is 72.9 Å². The standard InChI is InChI=1S/C53H90O10/c1-3-5-7-9-11-13-15-17-19-21-23-25-27-29-31-33-35-37-39-41-48(55)60-44-46(45-61-53-52(59)51(58)50(57)47(43-54)63-53)62-49(56)42-40-38-36-34-32-30-28-26-24-22-20-18-16-14-12-10-8-6-4-2/h12,14,17-20,24,26,30,32,36,38,46-47,50-54,57-59H,3-11,13,15-16,21-23,25,27-29,31,33-35,37,39-45H2,1-2H3/b14-12+,19-17+,20-18+,26-24+,32-30+,38-36+/t46-,47-,50+,51?,52?,53-/m0/s1. The van der Waals surface area contributed by atoms with E-state index in [1.54, 1.807) is 0 Å². The molecule has 63 heavy (non-hydrogen) atoms. The Kier molecular flexibility index (Phi) is 39.7. The predicted molar refractivity (Wildman–Crippen MR) is 256 cm³/mol. The fraction of sp³-hybridized carbons (Fsp3) is 0.736. The van der Waals surface area contributed by atoms with Gasteiger partial charge in [-0.2, -0.15) is 0 Å². The van der Waals surface area contributed by atoms with Crippen molar-refractivity contribution in [2.45, 2.75) is 230 Å². The zero-order valence-corrected chi connectivity index (χ0v) is 39.6. The minimum absolute atomic E-state index is 0.103. The van der Waals surface area contributed by atoms with Gasteiger partial charge in [-0.05, 0) is 77.0 Å². The molecule has 0 spiro atoms. The largest absolute Gasteiger partial charge is 0.462 e. The summed E-state index contributed by atoms with van der Waals surface area (Å²) in [6.45, 7) is 3.32. The zero-order valence-electron chi connectivity index (χ0n) is 39.6. The Hall–Kier alpha value is -2.86. The maximum atomic E-state index is 12.8. The highest BCUT2D eigenvalue weighted by molar-refractivity contribution is 5.70. The summed E-state index contributed by atoms with van der Waals surface area (Å²) in [7, 11) is 0. The summed E-state index contributed by atoms with van der Waals surface area (Å²) in [6, 6.07) is 0. The van der Waals surface area contributed by atoms with Crippen LogP contribution in [0.4, 0.5) is 0 Å². The number of hydrogen-bond donors (Lipinski definition) is 4. The summed E-state index contributed by atoms with van der Waals surface area (Å²) in [4.78, 5) is 25.4. The van der Waals surface area contributed by atoms with Crippen LogP contribution >= 0.6 is 0 Å². The van der Waals surface area contributed by atoms with Gasteiger partial charge in [0.05, 0.1) is 13.2 Å². The molecular formula is C53H90O10. The van der Waals surface area contributed by atoms with Gasteiger partial charge in [0.2, 0.25) is 0 Å². The lowest BCUT2D eigenvalue weighted by molar-refractivity contribution is -0.305. The van der Waals surface area contributed by atoms with Gasteiger partial charge in [-0.25, -0.2) is 0 Å². The Labute approximate surface area is 383 Å². The van der Waals surface area contributed by atoms with E-state index in [0.29, 0.717) is 12.8 Å². The van der Waals surface area contributed by atoms with Crippen LogP contribution < -0.4 is 0 Å². The molecule has 0 saturated carbocycles. The van der Waals surface area contributed by atoms with E-state index >= 15 is 0 Å². The lowest BCUT2D eigenvalue weighted by Gasteiger charge is -2.39. The molecule has 1 fully saturated rings. The highest BCUT2D eigenvalue weighted by Gasteiger charge is 2.44. The molecule has 362 valence electrons. The number of unbranched alkanes of at least 4 members (excludes halogenated alkanes) is 18. The molecule has 1 rings (SSSR count). The molecule has 10 heteroatoms. The molecule has 1 aliphatic rings. The molecule has 0 aliphatic carbocycles. The third-order valence-corrected chi connectivity index (χ3v) is 11.1. The number of carbonyl (C=O) groups is 2. The van der Waals surface area contributed by atoms with Crippen LogP contribution in [0.25, 0.3) is 0 Å². The van der Waals surface area contributed by atoms with Gasteiger partial charge in [0.15, 0.2) is 12.4 Å². The smallest absolute Gasteiger partial charge is 0.306 e. The molecule has 4 N–H and O–H groups in total. The highest BCUT2D eigenvalue weighted by atomic mass is 16.7. The first-order valence-electron chi connectivity index (χ1n) is 25.0. The Morgan fingerprint density at radius 1 is 0.492 bits per heavy atom. The van der Waals surface area contributed by atoms with Gasteiger partial charge in [0.1, 0.15) is 31.0 Å². The van der Waals surface area contributed by atoms with E-state index in [1.807, 2.05) is 12.2 Å². The zero-order chi connectivity index (χ0) is 45.9. The topological polar surface area (TPSA) is 152 Å². The lowest BCUT2D eigenvalue weighted by Crippen LogP contribution is -2.59. The number of ether oxygens (including phenoxy) is 4. The molecule has 0 aromatic rings. The number of rotatable bonds is 41. The number of allylic oxidation sites excluding steroid dienone is 12. The molecule has 1 aliphatic heterocycles. The van der Waals surface area contributed by atoms with E-state index in [2.05, 4.69) is 74.6 Å². The average molecular weight is 887 g/mol. The van der Waals surface area contributed by atoms with Crippen molar-refractivity contribution >= 4 is 11.9 Å². The van der Waals surface area contributed by atoms with Crippen molar-refractivity contribution in [3.63, 3.8) is 0 Å². The van der Waals surface area contributed by atoms with Crippen molar-refractivity contribution in [3.05, 3.63) is 72.9 Å². The van der Waals surface area contributed by atoms with Crippen molar-refractivity contribution in [1.82, 2.24) is 0 Å². The average Bonchev–Trinajstić information content (AvgIpc) is 3.28. The number of aliphatic hydroxyl groups excluding tert-OH is 4. The second kappa shape index (κ2) is 43.1. The van der Waals surface area contributed by atoms with Crippen molar-refractivity contribution in [3.8, 4) is 0 Å². The van der Waals surface area contributed by atoms with Gasteiger partial charge in [-0.1, -0.05) is 177 Å². The van der Waals surface area contributed by atoms with Crippen LogP contribution in [0.5, 0.6) is 0 Å². The summed E-state index contributed by atoms with van der Waals surface area (Å²) in [5.41, 5.74) is 0. The summed E-state index contributed by atoms with van der Waals surface area (Å²) < 4.78 is 22.1. The summed E-state index contributed by atoms with van der Waals surface area (Å²) >= 11 is 0. The second-order valence-electron chi connectivity index (χ2n) is 16.9. The monoisotopic (exact) mass is 887 g/mol. The van der Waals surface area contributed by atoms with Crippen LogP contribution in [0.1, 0.15) is 194 Å². The first-order chi connectivity index (χ1) is 30.8. The van der Waals surface area contributed by atoms with E-state index in [9.17, 15) is 30.0 Å². The summed E-state index contributed by atoms with van der Waals surface area (Å²) in [5, 5.41) is 40.2. The Bertz CT molecular complexity index is 1250. The fourth-order valence-electron chi connectivity index (χ4n) is 7.11. The molecule has 0 aromatic heterocycles. The minimum Gasteiger partial charge on any atom is -0.462 e. The van der Waals surface area contributed by atoms with Crippen LogP contribution in [0.2, 0.25) is 0 Å². The number of hydrogen-bond acceptors (Lipinski definition) is 10. The van der Waals surface area contributed by atoms with E-state index < -0.39 is 55.4 Å². The maximum Gasteiger partial charge on any atom is 0.306 e. The number of esters is 2. The van der Waals surface area contributed by atoms with Crippen LogP contribution in [-0.4, -0.2) is 89.0 Å². The molecule has 6 atom stereocenters.